The van der Waals surface area contributed by atoms with Crippen molar-refractivity contribution in [2.45, 2.75) is 27.7 Å². The van der Waals surface area contributed by atoms with Crippen LogP contribution in [-0.4, -0.2) is 30.2 Å². The van der Waals surface area contributed by atoms with Gasteiger partial charge in [-0.2, -0.15) is 0 Å². The first-order valence-corrected chi connectivity index (χ1v) is 4.32. The second kappa shape index (κ2) is 5.47. The van der Waals surface area contributed by atoms with E-state index >= 15 is 0 Å². The highest BCUT2D eigenvalue weighted by molar-refractivity contribution is 5.78. The summed E-state index contributed by atoms with van der Waals surface area (Å²) in [5.74, 6) is 0. The van der Waals surface area contributed by atoms with Crippen LogP contribution in [0.25, 0.3) is 0 Å². The zero-order chi connectivity index (χ0) is 11.2. The van der Waals surface area contributed by atoms with Gasteiger partial charge in [-0.15, -0.1) is 0 Å². The number of oxime groups is 1. The van der Waals surface area contributed by atoms with E-state index in [1.54, 1.807) is 0 Å². The molecule has 0 aliphatic heterocycles. The molecule has 0 heterocycles. The molecule has 0 radical (unpaired) electrons. The number of hydrogen-bond donors (Lipinski definition) is 1. The Labute approximate surface area is 83.7 Å². The molecule has 0 aromatic carbocycles. The van der Waals surface area contributed by atoms with Crippen molar-refractivity contribution < 1.29 is 19.5 Å². The summed E-state index contributed by atoms with van der Waals surface area (Å²) in [6.07, 6.45) is -1.27. The van der Waals surface area contributed by atoms with Crippen molar-refractivity contribution in [2.24, 2.45) is 10.6 Å². The maximum absolute atomic E-state index is 10.1. The molecule has 0 fully saturated rings. The molecule has 0 aliphatic carbocycles. The Morgan fingerprint density at radius 2 is 1.93 bits per heavy atom. The van der Waals surface area contributed by atoms with E-state index in [2.05, 4.69) is 9.89 Å². The Morgan fingerprint density at radius 1 is 1.36 bits per heavy atom. The summed E-state index contributed by atoms with van der Waals surface area (Å²) in [4.78, 5) is 15.1. The minimum Gasteiger partial charge on any atom is -0.450 e. The lowest BCUT2D eigenvalue weighted by Crippen LogP contribution is -2.26. The number of nitrogens with zero attached hydrogens (tertiary/aromatic N) is 1. The molecule has 0 saturated carbocycles. The molecule has 0 aliphatic rings. The molecule has 82 valence electrons. The van der Waals surface area contributed by atoms with Crippen molar-refractivity contribution in [3.63, 3.8) is 0 Å². The fraction of sp³-hybridized carbons (Fsp3) is 0.778. The largest absolute Gasteiger partial charge is 0.505 e. The Morgan fingerprint density at radius 3 is 2.36 bits per heavy atom. The number of hydrogen-bond acceptors (Lipinski definition) is 4. The van der Waals surface area contributed by atoms with E-state index in [1.807, 2.05) is 27.7 Å². The van der Waals surface area contributed by atoms with Gasteiger partial charge in [0, 0.05) is 5.41 Å². The SMILES string of the molecule is CC(C)=NOCC(C)(C)COC(=O)O. The van der Waals surface area contributed by atoms with Gasteiger partial charge in [-0.1, -0.05) is 19.0 Å². The summed E-state index contributed by atoms with van der Waals surface area (Å²) < 4.78 is 4.45. The van der Waals surface area contributed by atoms with Crippen LogP contribution in [0.15, 0.2) is 5.16 Å². The van der Waals surface area contributed by atoms with Crippen LogP contribution >= 0.6 is 0 Å². The molecule has 0 aromatic rings. The van der Waals surface area contributed by atoms with Crippen molar-refractivity contribution in [3.05, 3.63) is 0 Å². The molecule has 0 amide bonds. The third-order valence-corrected chi connectivity index (χ3v) is 1.29. The van der Waals surface area contributed by atoms with Gasteiger partial charge in [-0.05, 0) is 13.8 Å². The fourth-order valence-electron chi connectivity index (χ4n) is 0.635. The Balaban J connectivity index is 3.83. The van der Waals surface area contributed by atoms with Crippen LogP contribution < -0.4 is 0 Å². The number of rotatable bonds is 5. The predicted octanol–water partition coefficient (Wildman–Crippen LogP) is 2.12. The van der Waals surface area contributed by atoms with Crippen molar-refractivity contribution in [3.8, 4) is 0 Å². The average Bonchev–Trinajstić information content (AvgIpc) is 2.00. The van der Waals surface area contributed by atoms with Crippen molar-refractivity contribution >= 4 is 11.9 Å². The molecule has 14 heavy (non-hydrogen) atoms. The molecule has 0 spiro atoms. The molecule has 0 saturated heterocycles. The van der Waals surface area contributed by atoms with E-state index in [0.29, 0.717) is 6.61 Å². The fourth-order valence-corrected chi connectivity index (χ4v) is 0.635. The lowest BCUT2D eigenvalue weighted by Gasteiger charge is -2.21. The van der Waals surface area contributed by atoms with Crippen LogP contribution in [0.4, 0.5) is 4.79 Å². The summed E-state index contributed by atoms with van der Waals surface area (Å²) in [5, 5.41) is 12.1. The number of carboxylic acid groups (broad SMARTS) is 1. The molecule has 0 bridgehead atoms. The van der Waals surface area contributed by atoms with Crippen LogP contribution in [0.5, 0.6) is 0 Å². The molecule has 0 rings (SSSR count). The first kappa shape index (κ1) is 12.7. The predicted molar refractivity (Wildman–Crippen MR) is 52.5 cm³/mol. The van der Waals surface area contributed by atoms with Gasteiger partial charge in [0.25, 0.3) is 0 Å². The molecule has 0 unspecified atom stereocenters. The highest BCUT2D eigenvalue weighted by Crippen LogP contribution is 2.16. The van der Waals surface area contributed by atoms with Crippen LogP contribution in [0, 0.1) is 5.41 Å². The molecule has 5 nitrogen and oxygen atoms in total. The zero-order valence-electron chi connectivity index (χ0n) is 9.03. The monoisotopic (exact) mass is 203 g/mol. The standard InChI is InChI=1S/C9H17NO4/c1-7(2)10-14-6-9(3,4)5-13-8(11)12/h5-6H2,1-4H3,(H,11,12). The first-order chi connectivity index (χ1) is 6.33. The van der Waals surface area contributed by atoms with Crippen LogP contribution in [-0.2, 0) is 9.57 Å². The maximum Gasteiger partial charge on any atom is 0.505 e. The molecule has 0 atom stereocenters. The van der Waals surface area contributed by atoms with E-state index < -0.39 is 6.16 Å². The quantitative estimate of drug-likeness (QED) is 0.422. The van der Waals surface area contributed by atoms with Gasteiger partial charge in [0.2, 0.25) is 0 Å². The number of carbonyl (C=O) groups is 1. The molecular formula is C9H17NO4. The van der Waals surface area contributed by atoms with E-state index in [0.717, 1.165) is 5.71 Å². The van der Waals surface area contributed by atoms with Crippen LogP contribution in [0.2, 0.25) is 0 Å². The zero-order valence-corrected chi connectivity index (χ0v) is 9.03. The van der Waals surface area contributed by atoms with Crippen LogP contribution in [0.1, 0.15) is 27.7 Å². The van der Waals surface area contributed by atoms with Crippen molar-refractivity contribution in [2.75, 3.05) is 13.2 Å². The second-order valence-electron chi connectivity index (χ2n) is 4.03. The van der Waals surface area contributed by atoms with Crippen LogP contribution in [0.3, 0.4) is 0 Å². The summed E-state index contributed by atoms with van der Waals surface area (Å²) in [7, 11) is 0. The Bertz CT molecular complexity index is 219. The first-order valence-electron chi connectivity index (χ1n) is 4.32. The Hall–Kier alpha value is -1.26. The lowest BCUT2D eigenvalue weighted by molar-refractivity contribution is 0.00695. The van der Waals surface area contributed by atoms with E-state index in [4.69, 9.17) is 9.94 Å². The van der Waals surface area contributed by atoms with Gasteiger partial charge in [0.1, 0.15) is 13.2 Å². The van der Waals surface area contributed by atoms with Crippen molar-refractivity contribution in [1.82, 2.24) is 0 Å². The molecule has 0 aromatic heterocycles. The van der Waals surface area contributed by atoms with Gasteiger partial charge in [-0.25, -0.2) is 4.79 Å². The van der Waals surface area contributed by atoms with Gasteiger partial charge < -0.3 is 14.7 Å². The molecule has 1 N–H and O–H groups in total. The summed E-state index contributed by atoms with van der Waals surface area (Å²) >= 11 is 0. The van der Waals surface area contributed by atoms with Crippen molar-refractivity contribution in [1.29, 1.82) is 0 Å². The summed E-state index contributed by atoms with van der Waals surface area (Å²) in [6, 6.07) is 0. The minimum absolute atomic E-state index is 0.0978. The summed E-state index contributed by atoms with van der Waals surface area (Å²) in [6.45, 7) is 7.75. The third-order valence-electron chi connectivity index (χ3n) is 1.29. The lowest BCUT2D eigenvalue weighted by atomic mass is 9.97. The highest BCUT2D eigenvalue weighted by Gasteiger charge is 2.21. The van der Waals surface area contributed by atoms with E-state index in [9.17, 15) is 4.79 Å². The van der Waals surface area contributed by atoms with Gasteiger partial charge in [0.05, 0.1) is 5.71 Å². The molecular weight excluding hydrogens is 186 g/mol. The topological polar surface area (TPSA) is 68.1 Å². The smallest absolute Gasteiger partial charge is 0.450 e. The maximum atomic E-state index is 10.1. The highest BCUT2D eigenvalue weighted by atomic mass is 16.7. The van der Waals surface area contributed by atoms with E-state index in [-0.39, 0.29) is 12.0 Å². The molecule has 5 heteroatoms. The minimum atomic E-state index is -1.27. The normalized spacial score (nSPS) is 10.6. The van der Waals surface area contributed by atoms with E-state index in [1.165, 1.54) is 0 Å². The average molecular weight is 203 g/mol. The number of ether oxygens (including phenoxy) is 1. The van der Waals surface area contributed by atoms with Gasteiger partial charge >= 0.3 is 6.16 Å². The summed E-state index contributed by atoms with van der Waals surface area (Å²) in [5.41, 5.74) is 0.456. The third kappa shape index (κ3) is 7.39. The van der Waals surface area contributed by atoms with Gasteiger partial charge in [-0.3, -0.25) is 0 Å². The van der Waals surface area contributed by atoms with Gasteiger partial charge in [0.15, 0.2) is 0 Å². The second-order valence-corrected chi connectivity index (χ2v) is 4.03. The Kier molecular flexibility index (Phi) is 4.97.